The zero-order valence-corrected chi connectivity index (χ0v) is 13.8. The average molecular weight is 354 g/mol. The number of Topliss-reactive ketones (excluding diaryl/α,β-unsaturated/α-hetero) is 1. The summed E-state index contributed by atoms with van der Waals surface area (Å²) in [5.41, 5.74) is 1.16. The van der Waals surface area contributed by atoms with Crippen LogP contribution in [0.5, 0.6) is 5.75 Å². The molecule has 106 valence electrons. The van der Waals surface area contributed by atoms with Crippen molar-refractivity contribution in [2.45, 2.75) is 6.54 Å². The highest BCUT2D eigenvalue weighted by atomic mass is 79.9. The lowest BCUT2D eigenvalue weighted by atomic mass is 10.2. The van der Waals surface area contributed by atoms with E-state index in [4.69, 9.17) is 4.74 Å². The van der Waals surface area contributed by atoms with E-state index < -0.39 is 0 Å². The second kappa shape index (κ2) is 7.02. The van der Waals surface area contributed by atoms with Crippen molar-refractivity contribution >= 4 is 33.0 Å². The fourth-order valence-electron chi connectivity index (χ4n) is 1.89. The largest absolute Gasteiger partial charge is 0.497 e. The van der Waals surface area contributed by atoms with Gasteiger partial charge in [-0.1, -0.05) is 12.1 Å². The van der Waals surface area contributed by atoms with Crippen molar-refractivity contribution in [1.29, 1.82) is 0 Å². The normalized spacial score (nSPS) is 10.8. The maximum absolute atomic E-state index is 12.1. The van der Waals surface area contributed by atoms with Crippen molar-refractivity contribution in [2.24, 2.45) is 0 Å². The highest BCUT2D eigenvalue weighted by Gasteiger charge is 2.11. The van der Waals surface area contributed by atoms with Crippen LogP contribution in [-0.2, 0) is 6.54 Å². The van der Waals surface area contributed by atoms with Gasteiger partial charge in [-0.05, 0) is 52.8 Å². The van der Waals surface area contributed by atoms with Crippen molar-refractivity contribution in [1.82, 2.24) is 4.90 Å². The third-order valence-corrected chi connectivity index (χ3v) is 4.54. The second-order valence-electron chi connectivity index (χ2n) is 4.55. The van der Waals surface area contributed by atoms with Crippen molar-refractivity contribution in [3.8, 4) is 5.75 Å². The molecule has 0 aliphatic heterocycles. The van der Waals surface area contributed by atoms with Crippen molar-refractivity contribution in [3.63, 3.8) is 0 Å². The van der Waals surface area contributed by atoms with E-state index in [1.807, 2.05) is 48.3 Å². The fraction of sp³-hybridized carbons (Fsp3) is 0.267. The number of halogens is 1. The fourth-order valence-corrected chi connectivity index (χ4v) is 3.20. The molecular formula is C15H16BrNO2S. The van der Waals surface area contributed by atoms with Gasteiger partial charge in [-0.3, -0.25) is 9.69 Å². The summed E-state index contributed by atoms with van der Waals surface area (Å²) in [5, 5.41) is 0. The lowest BCUT2D eigenvalue weighted by Gasteiger charge is -2.15. The Labute approximate surface area is 131 Å². The second-order valence-corrected chi connectivity index (χ2v) is 7.01. The van der Waals surface area contributed by atoms with Crippen LogP contribution in [0.3, 0.4) is 0 Å². The topological polar surface area (TPSA) is 29.5 Å². The van der Waals surface area contributed by atoms with E-state index in [0.717, 1.165) is 26.5 Å². The van der Waals surface area contributed by atoms with Crippen LogP contribution in [0, 0.1) is 0 Å². The molecule has 0 aliphatic rings. The maximum Gasteiger partial charge on any atom is 0.186 e. The molecule has 0 radical (unpaired) electrons. The minimum Gasteiger partial charge on any atom is -0.497 e. The number of hydrogen-bond donors (Lipinski definition) is 0. The first kappa shape index (κ1) is 15.2. The number of carbonyl (C=O) groups excluding carboxylic acids is 1. The number of carbonyl (C=O) groups is 1. The van der Waals surface area contributed by atoms with Gasteiger partial charge in [-0.15, -0.1) is 11.3 Å². The van der Waals surface area contributed by atoms with Crippen LogP contribution >= 0.6 is 27.3 Å². The van der Waals surface area contributed by atoms with Gasteiger partial charge in [0.1, 0.15) is 5.75 Å². The summed E-state index contributed by atoms with van der Waals surface area (Å²) in [6.45, 7) is 1.15. The number of ether oxygens (including phenoxy) is 1. The minimum absolute atomic E-state index is 0.150. The van der Waals surface area contributed by atoms with Gasteiger partial charge >= 0.3 is 0 Å². The molecule has 0 amide bonds. The monoisotopic (exact) mass is 353 g/mol. The standard InChI is InChI=1S/C15H16BrNO2S/c1-17(9-11-3-5-12(19-2)6-4-11)10-13(18)14-7-8-15(16)20-14/h3-8H,9-10H2,1-2H3. The molecule has 20 heavy (non-hydrogen) atoms. The summed E-state index contributed by atoms with van der Waals surface area (Å²) in [6, 6.07) is 11.7. The lowest BCUT2D eigenvalue weighted by Crippen LogP contribution is -2.25. The number of hydrogen-bond acceptors (Lipinski definition) is 4. The summed E-state index contributed by atoms with van der Waals surface area (Å²) in [5.74, 6) is 0.993. The molecule has 0 saturated carbocycles. The van der Waals surface area contributed by atoms with Crippen LogP contribution < -0.4 is 4.74 Å². The van der Waals surface area contributed by atoms with Crippen LogP contribution in [0.25, 0.3) is 0 Å². The Bertz CT molecular complexity index is 580. The van der Waals surface area contributed by atoms with E-state index in [1.54, 1.807) is 7.11 Å². The van der Waals surface area contributed by atoms with Crippen LogP contribution in [0.4, 0.5) is 0 Å². The number of ketones is 1. The van der Waals surface area contributed by atoms with Crippen LogP contribution in [0.15, 0.2) is 40.2 Å². The van der Waals surface area contributed by atoms with Crippen LogP contribution in [0.1, 0.15) is 15.2 Å². The molecule has 2 aromatic rings. The molecule has 0 N–H and O–H groups in total. The van der Waals surface area contributed by atoms with E-state index in [9.17, 15) is 4.79 Å². The molecule has 3 nitrogen and oxygen atoms in total. The molecule has 0 bridgehead atoms. The Morgan fingerprint density at radius 3 is 2.50 bits per heavy atom. The zero-order valence-electron chi connectivity index (χ0n) is 11.4. The molecule has 2 rings (SSSR count). The van der Waals surface area contributed by atoms with Gasteiger partial charge in [0.2, 0.25) is 0 Å². The first-order valence-corrected chi connectivity index (χ1v) is 7.79. The van der Waals surface area contributed by atoms with E-state index in [0.29, 0.717) is 6.54 Å². The quantitative estimate of drug-likeness (QED) is 0.739. The van der Waals surface area contributed by atoms with E-state index in [-0.39, 0.29) is 5.78 Å². The average Bonchev–Trinajstić information content (AvgIpc) is 2.86. The number of thiophene rings is 1. The minimum atomic E-state index is 0.150. The Kier molecular flexibility index (Phi) is 5.34. The van der Waals surface area contributed by atoms with Gasteiger partial charge in [0.15, 0.2) is 5.78 Å². The molecular weight excluding hydrogens is 338 g/mol. The Morgan fingerprint density at radius 2 is 1.95 bits per heavy atom. The molecule has 0 fully saturated rings. The third-order valence-electron chi connectivity index (χ3n) is 2.87. The predicted molar refractivity (Wildman–Crippen MR) is 85.7 cm³/mol. The SMILES string of the molecule is COc1ccc(CN(C)CC(=O)c2ccc(Br)s2)cc1. The van der Waals surface area contributed by atoms with Gasteiger partial charge in [-0.2, -0.15) is 0 Å². The number of likely N-dealkylation sites (N-methyl/N-ethyl adjacent to an activating group) is 1. The van der Waals surface area contributed by atoms with Gasteiger partial charge in [-0.25, -0.2) is 0 Å². The lowest BCUT2D eigenvalue weighted by molar-refractivity contribution is 0.0947. The molecule has 1 aromatic carbocycles. The van der Waals surface area contributed by atoms with Gasteiger partial charge in [0.25, 0.3) is 0 Å². The summed E-state index contributed by atoms with van der Waals surface area (Å²) in [4.78, 5) is 14.9. The summed E-state index contributed by atoms with van der Waals surface area (Å²) in [6.07, 6.45) is 0. The molecule has 1 heterocycles. The highest BCUT2D eigenvalue weighted by molar-refractivity contribution is 9.11. The van der Waals surface area contributed by atoms with Crippen molar-refractivity contribution < 1.29 is 9.53 Å². The third kappa shape index (κ3) is 4.16. The number of methoxy groups -OCH3 is 1. The first-order valence-electron chi connectivity index (χ1n) is 6.18. The molecule has 0 aliphatic carbocycles. The summed E-state index contributed by atoms with van der Waals surface area (Å²) >= 11 is 4.85. The Balaban J connectivity index is 1.91. The van der Waals surface area contributed by atoms with E-state index in [2.05, 4.69) is 15.9 Å². The number of nitrogens with zero attached hydrogens (tertiary/aromatic N) is 1. The summed E-state index contributed by atoms with van der Waals surface area (Å²) in [7, 11) is 3.60. The van der Waals surface area contributed by atoms with E-state index >= 15 is 0 Å². The highest BCUT2D eigenvalue weighted by Crippen LogP contribution is 2.22. The van der Waals surface area contributed by atoms with E-state index in [1.165, 1.54) is 11.3 Å². The predicted octanol–water partition coefficient (Wildman–Crippen LogP) is 3.83. The molecule has 0 atom stereocenters. The molecule has 1 aromatic heterocycles. The molecule has 0 spiro atoms. The molecule has 0 unspecified atom stereocenters. The number of rotatable bonds is 6. The number of benzene rings is 1. The van der Waals surface area contributed by atoms with Gasteiger partial charge < -0.3 is 4.74 Å². The van der Waals surface area contributed by atoms with Crippen molar-refractivity contribution in [3.05, 3.63) is 50.6 Å². The van der Waals surface area contributed by atoms with Gasteiger partial charge in [0, 0.05) is 6.54 Å². The zero-order chi connectivity index (χ0) is 14.5. The summed E-state index contributed by atoms with van der Waals surface area (Å²) < 4.78 is 6.11. The maximum atomic E-state index is 12.1. The van der Waals surface area contributed by atoms with Crippen LogP contribution in [-0.4, -0.2) is 31.4 Å². The smallest absolute Gasteiger partial charge is 0.186 e. The van der Waals surface area contributed by atoms with Crippen LogP contribution in [0.2, 0.25) is 0 Å². The van der Waals surface area contributed by atoms with Crippen molar-refractivity contribution in [2.75, 3.05) is 20.7 Å². The first-order chi connectivity index (χ1) is 9.58. The Morgan fingerprint density at radius 1 is 1.25 bits per heavy atom. The Hall–Kier alpha value is -1.17. The van der Waals surface area contributed by atoms with Gasteiger partial charge in [0.05, 0.1) is 22.3 Å². The molecule has 5 heteroatoms. The molecule has 0 saturated heterocycles.